The third-order valence-corrected chi connectivity index (χ3v) is 3.70. The molecule has 13 heavy (non-hydrogen) atoms. The molecule has 2 heteroatoms. The largest absolute Gasteiger partial charge is 0.389 e. The topological polar surface area (TPSA) is 40.5 Å². The fourth-order valence-corrected chi connectivity index (χ4v) is 2.92. The Hall–Kier alpha value is -0.0800. The van der Waals surface area contributed by atoms with Crippen LogP contribution in [0.5, 0.6) is 0 Å². The molecule has 0 bridgehead atoms. The average Bonchev–Trinajstić information content (AvgIpc) is 2.53. The molecule has 0 amide bonds. The van der Waals surface area contributed by atoms with Crippen molar-refractivity contribution >= 4 is 0 Å². The van der Waals surface area contributed by atoms with Crippen LogP contribution in [-0.2, 0) is 0 Å². The van der Waals surface area contributed by atoms with Crippen LogP contribution in [0.15, 0.2) is 0 Å². The summed E-state index contributed by atoms with van der Waals surface area (Å²) in [7, 11) is 0. The van der Waals surface area contributed by atoms with Crippen molar-refractivity contribution in [1.82, 2.24) is 0 Å². The third kappa shape index (κ3) is 1.75. The zero-order chi connectivity index (χ0) is 9.31. The predicted molar refractivity (Wildman–Crippen MR) is 50.6 cm³/mol. The summed E-state index contributed by atoms with van der Waals surface area (Å²) in [6.07, 6.45) is 8.69. The molecular formula is C11H19O2. The fourth-order valence-electron chi connectivity index (χ4n) is 2.92. The van der Waals surface area contributed by atoms with Gasteiger partial charge in [-0.05, 0) is 32.1 Å². The van der Waals surface area contributed by atoms with E-state index >= 15 is 0 Å². The SMILES string of the molecule is O[C]1CCCC1C1(O)CCCCC1. The Balaban J connectivity index is 2.03. The van der Waals surface area contributed by atoms with Crippen LogP contribution in [0.1, 0.15) is 51.4 Å². The van der Waals surface area contributed by atoms with Crippen LogP contribution in [0.2, 0.25) is 0 Å². The average molecular weight is 183 g/mol. The second-order valence-corrected chi connectivity index (χ2v) is 4.60. The minimum absolute atomic E-state index is 0.0906. The van der Waals surface area contributed by atoms with Gasteiger partial charge in [0.15, 0.2) is 0 Å². The van der Waals surface area contributed by atoms with Gasteiger partial charge >= 0.3 is 0 Å². The van der Waals surface area contributed by atoms with Crippen LogP contribution >= 0.6 is 0 Å². The Morgan fingerprint density at radius 1 is 1.08 bits per heavy atom. The first-order valence-electron chi connectivity index (χ1n) is 5.49. The summed E-state index contributed by atoms with van der Waals surface area (Å²) in [5.41, 5.74) is -0.557. The van der Waals surface area contributed by atoms with Gasteiger partial charge in [-0.1, -0.05) is 19.3 Å². The van der Waals surface area contributed by atoms with E-state index in [-0.39, 0.29) is 5.92 Å². The third-order valence-electron chi connectivity index (χ3n) is 3.70. The molecule has 2 aliphatic carbocycles. The highest BCUT2D eigenvalue weighted by Crippen LogP contribution is 2.45. The lowest BCUT2D eigenvalue weighted by Crippen LogP contribution is -2.41. The van der Waals surface area contributed by atoms with Crippen molar-refractivity contribution in [2.75, 3.05) is 0 Å². The molecule has 1 radical (unpaired) electrons. The monoisotopic (exact) mass is 183 g/mol. The Morgan fingerprint density at radius 2 is 1.77 bits per heavy atom. The Labute approximate surface area is 80.0 Å². The first-order valence-corrected chi connectivity index (χ1v) is 5.49. The molecule has 0 aromatic heterocycles. The molecule has 1 atom stereocenters. The van der Waals surface area contributed by atoms with Crippen LogP contribution in [0.4, 0.5) is 0 Å². The maximum atomic E-state index is 10.4. The summed E-state index contributed by atoms with van der Waals surface area (Å²) in [5, 5.41) is 20.0. The van der Waals surface area contributed by atoms with Crippen LogP contribution in [0.3, 0.4) is 0 Å². The summed E-state index contributed by atoms with van der Waals surface area (Å²) < 4.78 is 0. The van der Waals surface area contributed by atoms with Gasteiger partial charge in [-0.15, -0.1) is 0 Å². The zero-order valence-electron chi connectivity index (χ0n) is 8.13. The fraction of sp³-hybridized carbons (Fsp3) is 0.909. The highest BCUT2D eigenvalue weighted by atomic mass is 16.3. The smallest absolute Gasteiger partial charge is 0.0992 e. The van der Waals surface area contributed by atoms with Crippen LogP contribution < -0.4 is 0 Å². The molecule has 2 aliphatic rings. The van der Waals surface area contributed by atoms with E-state index in [0.717, 1.165) is 44.9 Å². The summed E-state index contributed by atoms with van der Waals surface area (Å²) in [6, 6.07) is 0. The summed E-state index contributed by atoms with van der Waals surface area (Å²) in [4.78, 5) is 0. The molecular weight excluding hydrogens is 164 g/mol. The lowest BCUT2D eigenvalue weighted by Gasteiger charge is -2.38. The van der Waals surface area contributed by atoms with Crippen molar-refractivity contribution in [2.24, 2.45) is 5.92 Å². The molecule has 0 heterocycles. The molecule has 2 nitrogen and oxygen atoms in total. The first-order chi connectivity index (χ1) is 6.22. The van der Waals surface area contributed by atoms with Gasteiger partial charge in [-0.25, -0.2) is 0 Å². The van der Waals surface area contributed by atoms with Gasteiger partial charge in [0, 0.05) is 5.92 Å². The summed E-state index contributed by atoms with van der Waals surface area (Å²) in [5.74, 6) is 0.0906. The number of aliphatic hydroxyl groups excluding tert-OH is 1. The van der Waals surface area contributed by atoms with Gasteiger partial charge in [0.1, 0.15) is 0 Å². The van der Waals surface area contributed by atoms with Crippen LogP contribution in [0, 0.1) is 12.0 Å². The van der Waals surface area contributed by atoms with Crippen molar-refractivity contribution < 1.29 is 10.2 Å². The van der Waals surface area contributed by atoms with Crippen molar-refractivity contribution in [3.8, 4) is 0 Å². The Morgan fingerprint density at radius 3 is 2.31 bits per heavy atom. The summed E-state index contributed by atoms with van der Waals surface area (Å²) in [6.45, 7) is 0. The van der Waals surface area contributed by atoms with Crippen molar-refractivity contribution in [3.63, 3.8) is 0 Å². The van der Waals surface area contributed by atoms with Crippen LogP contribution in [-0.4, -0.2) is 15.8 Å². The molecule has 2 rings (SSSR count). The first kappa shape index (κ1) is 9.47. The predicted octanol–water partition coefficient (Wildman–Crippen LogP) is 2.39. The number of rotatable bonds is 1. The molecule has 1 unspecified atom stereocenters. The van der Waals surface area contributed by atoms with Gasteiger partial charge in [-0.3, -0.25) is 0 Å². The Kier molecular flexibility index (Phi) is 2.61. The van der Waals surface area contributed by atoms with E-state index in [1.54, 1.807) is 0 Å². The molecule has 0 aromatic carbocycles. The molecule has 75 valence electrons. The van der Waals surface area contributed by atoms with E-state index < -0.39 is 5.60 Å². The lowest BCUT2D eigenvalue weighted by molar-refractivity contribution is -0.0573. The highest BCUT2D eigenvalue weighted by molar-refractivity contribution is 5.03. The zero-order valence-corrected chi connectivity index (χ0v) is 8.13. The normalized spacial score (nSPS) is 35.1. The maximum Gasteiger partial charge on any atom is 0.0992 e. The van der Waals surface area contributed by atoms with Gasteiger partial charge in [0.25, 0.3) is 0 Å². The number of hydrogen-bond donors (Lipinski definition) is 2. The van der Waals surface area contributed by atoms with Gasteiger partial charge < -0.3 is 10.2 Å². The minimum atomic E-state index is -0.557. The molecule has 2 fully saturated rings. The van der Waals surface area contributed by atoms with E-state index in [2.05, 4.69) is 0 Å². The van der Waals surface area contributed by atoms with Gasteiger partial charge in [0.05, 0.1) is 11.7 Å². The van der Waals surface area contributed by atoms with E-state index in [9.17, 15) is 10.2 Å². The molecule has 0 aliphatic heterocycles. The van der Waals surface area contributed by atoms with E-state index in [1.807, 2.05) is 0 Å². The standard InChI is InChI=1S/C11H19O2/c12-10-6-4-5-9(10)11(13)7-2-1-3-8-11/h9,12-13H,1-8H2. The molecule has 0 aromatic rings. The van der Waals surface area contributed by atoms with Crippen molar-refractivity contribution in [3.05, 3.63) is 6.10 Å². The highest BCUT2D eigenvalue weighted by Gasteiger charge is 2.44. The maximum absolute atomic E-state index is 10.4. The second kappa shape index (κ2) is 3.58. The van der Waals surface area contributed by atoms with Crippen molar-refractivity contribution in [1.29, 1.82) is 0 Å². The number of hydrogen-bond acceptors (Lipinski definition) is 2. The lowest BCUT2D eigenvalue weighted by atomic mass is 9.74. The van der Waals surface area contributed by atoms with Gasteiger partial charge in [-0.2, -0.15) is 0 Å². The molecule has 0 saturated heterocycles. The quantitative estimate of drug-likeness (QED) is 0.655. The van der Waals surface area contributed by atoms with E-state index in [4.69, 9.17) is 0 Å². The van der Waals surface area contributed by atoms with Crippen molar-refractivity contribution in [2.45, 2.75) is 57.0 Å². The van der Waals surface area contributed by atoms with Gasteiger partial charge in [0.2, 0.25) is 0 Å². The number of aliphatic hydroxyl groups is 2. The van der Waals surface area contributed by atoms with E-state index in [1.165, 1.54) is 6.42 Å². The second-order valence-electron chi connectivity index (χ2n) is 4.60. The Bertz CT molecular complexity index is 173. The van der Waals surface area contributed by atoms with E-state index in [0.29, 0.717) is 6.10 Å². The molecule has 2 N–H and O–H groups in total. The minimum Gasteiger partial charge on any atom is -0.389 e. The van der Waals surface area contributed by atoms with Crippen LogP contribution in [0.25, 0.3) is 0 Å². The molecule has 2 saturated carbocycles. The molecule has 0 spiro atoms. The summed E-state index contributed by atoms with van der Waals surface area (Å²) >= 11 is 0.